The minimum atomic E-state index is 0.0565. The number of hydrogen-bond acceptors (Lipinski definition) is 1. The summed E-state index contributed by atoms with van der Waals surface area (Å²) in [5, 5.41) is 0. The van der Waals surface area contributed by atoms with Crippen molar-refractivity contribution in [1.82, 2.24) is 0 Å². The molecular formula is C13H29N. The number of nitrogens with two attached hydrogens (primary N) is 1. The van der Waals surface area contributed by atoms with Crippen LogP contribution in [0, 0.1) is 5.92 Å². The van der Waals surface area contributed by atoms with Crippen molar-refractivity contribution < 1.29 is 0 Å². The van der Waals surface area contributed by atoms with Gasteiger partial charge < -0.3 is 5.73 Å². The van der Waals surface area contributed by atoms with Crippen LogP contribution >= 0.6 is 0 Å². The fourth-order valence-electron chi connectivity index (χ4n) is 1.82. The summed E-state index contributed by atoms with van der Waals surface area (Å²) in [4.78, 5) is 0. The third kappa shape index (κ3) is 5.64. The van der Waals surface area contributed by atoms with E-state index >= 15 is 0 Å². The van der Waals surface area contributed by atoms with Crippen molar-refractivity contribution in [2.75, 3.05) is 0 Å². The van der Waals surface area contributed by atoms with Crippen LogP contribution in [0.1, 0.15) is 72.6 Å². The van der Waals surface area contributed by atoms with Gasteiger partial charge in [0, 0.05) is 5.54 Å². The van der Waals surface area contributed by atoms with E-state index in [1.165, 1.54) is 44.9 Å². The van der Waals surface area contributed by atoms with E-state index in [1.807, 2.05) is 0 Å². The molecule has 0 rings (SSSR count). The Labute approximate surface area is 90.5 Å². The Balaban J connectivity index is 3.55. The highest BCUT2D eigenvalue weighted by atomic mass is 14.7. The van der Waals surface area contributed by atoms with E-state index in [0.717, 1.165) is 0 Å². The van der Waals surface area contributed by atoms with Crippen LogP contribution in [0.3, 0.4) is 0 Å². The normalized spacial score (nSPS) is 17.8. The number of hydrogen-bond donors (Lipinski definition) is 1. The van der Waals surface area contributed by atoms with Crippen LogP contribution < -0.4 is 5.73 Å². The van der Waals surface area contributed by atoms with Crippen molar-refractivity contribution in [1.29, 1.82) is 0 Å². The second kappa shape index (κ2) is 7.28. The maximum absolute atomic E-state index is 6.29. The molecule has 0 bridgehead atoms. The fourth-order valence-corrected chi connectivity index (χ4v) is 1.82. The van der Waals surface area contributed by atoms with Gasteiger partial charge in [-0.3, -0.25) is 0 Å². The minimum absolute atomic E-state index is 0.0565. The Kier molecular flexibility index (Phi) is 7.26. The molecule has 0 saturated carbocycles. The molecule has 14 heavy (non-hydrogen) atoms. The lowest BCUT2D eigenvalue weighted by Gasteiger charge is -2.31. The maximum Gasteiger partial charge on any atom is 0.0151 e. The molecule has 0 aromatic heterocycles. The summed E-state index contributed by atoms with van der Waals surface area (Å²) in [5.74, 6) is 0.647. The van der Waals surface area contributed by atoms with Gasteiger partial charge in [0.25, 0.3) is 0 Å². The molecule has 0 amide bonds. The summed E-state index contributed by atoms with van der Waals surface area (Å²) in [6, 6.07) is 0. The van der Waals surface area contributed by atoms with Gasteiger partial charge in [-0.05, 0) is 19.3 Å². The van der Waals surface area contributed by atoms with Gasteiger partial charge in [0.05, 0.1) is 0 Å². The average molecular weight is 199 g/mol. The van der Waals surface area contributed by atoms with Crippen LogP contribution in [-0.4, -0.2) is 5.54 Å². The smallest absolute Gasteiger partial charge is 0.0151 e. The van der Waals surface area contributed by atoms with E-state index < -0.39 is 0 Å². The van der Waals surface area contributed by atoms with Crippen molar-refractivity contribution in [3.8, 4) is 0 Å². The molecule has 2 N–H and O–H groups in total. The summed E-state index contributed by atoms with van der Waals surface area (Å²) in [6.07, 6.45) is 9.13. The summed E-state index contributed by atoms with van der Waals surface area (Å²) in [5.41, 5.74) is 6.34. The molecule has 0 aromatic rings. The van der Waals surface area contributed by atoms with Crippen LogP contribution in [-0.2, 0) is 0 Å². The first-order chi connectivity index (χ1) is 6.54. The van der Waals surface area contributed by atoms with Crippen molar-refractivity contribution in [2.24, 2.45) is 11.7 Å². The Morgan fingerprint density at radius 2 is 1.64 bits per heavy atom. The first-order valence-corrected chi connectivity index (χ1v) is 6.33. The summed E-state index contributed by atoms with van der Waals surface area (Å²) < 4.78 is 0. The first kappa shape index (κ1) is 14.0. The lowest BCUT2D eigenvalue weighted by Crippen LogP contribution is -2.42. The van der Waals surface area contributed by atoms with Crippen LogP contribution in [0.15, 0.2) is 0 Å². The van der Waals surface area contributed by atoms with Gasteiger partial charge in [-0.1, -0.05) is 59.3 Å². The first-order valence-electron chi connectivity index (χ1n) is 6.33. The third-order valence-corrected chi connectivity index (χ3v) is 3.56. The molecule has 0 fully saturated rings. The molecular weight excluding hydrogens is 170 g/mol. The molecule has 0 aromatic carbocycles. The standard InChI is InChI=1S/C13H29N/c1-5-7-8-9-10-11-13(4,14)12(3)6-2/h12H,5-11,14H2,1-4H3. The Hall–Kier alpha value is -0.0400. The number of rotatable bonds is 8. The van der Waals surface area contributed by atoms with Crippen LogP contribution in [0.5, 0.6) is 0 Å². The van der Waals surface area contributed by atoms with E-state index in [2.05, 4.69) is 27.7 Å². The molecule has 0 saturated heterocycles. The quantitative estimate of drug-likeness (QED) is 0.585. The molecule has 1 nitrogen and oxygen atoms in total. The predicted molar refractivity (Wildman–Crippen MR) is 65.4 cm³/mol. The van der Waals surface area contributed by atoms with Gasteiger partial charge in [0.2, 0.25) is 0 Å². The molecule has 0 radical (unpaired) electrons. The van der Waals surface area contributed by atoms with Gasteiger partial charge in [-0.15, -0.1) is 0 Å². The average Bonchev–Trinajstić information content (AvgIpc) is 2.16. The summed E-state index contributed by atoms with van der Waals surface area (Å²) >= 11 is 0. The second-order valence-electron chi connectivity index (χ2n) is 4.98. The lowest BCUT2D eigenvalue weighted by molar-refractivity contribution is 0.279. The van der Waals surface area contributed by atoms with E-state index in [1.54, 1.807) is 0 Å². The van der Waals surface area contributed by atoms with E-state index in [9.17, 15) is 0 Å². The van der Waals surface area contributed by atoms with Gasteiger partial charge in [-0.25, -0.2) is 0 Å². The van der Waals surface area contributed by atoms with Gasteiger partial charge in [-0.2, -0.15) is 0 Å². The van der Waals surface area contributed by atoms with Crippen LogP contribution in [0.25, 0.3) is 0 Å². The molecule has 0 aliphatic heterocycles. The van der Waals surface area contributed by atoms with Gasteiger partial charge >= 0.3 is 0 Å². The molecule has 2 atom stereocenters. The topological polar surface area (TPSA) is 26.0 Å². The van der Waals surface area contributed by atoms with Crippen molar-refractivity contribution in [3.63, 3.8) is 0 Å². The monoisotopic (exact) mass is 199 g/mol. The summed E-state index contributed by atoms with van der Waals surface area (Å²) in [6.45, 7) is 8.96. The predicted octanol–water partition coefficient (Wildman–Crippen LogP) is 4.11. The molecule has 2 unspecified atom stereocenters. The van der Waals surface area contributed by atoms with Crippen LogP contribution in [0.4, 0.5) is 0 Å². The molecule has 0 aliphatic rings. The second-order valence-corrected chi connectivity index (χ2v) is 4.98. The van der Waals surface area contributed by atoms with Crippen molar-refractivity contribution in [2.45, 2.75) is 78.2 Å². The largest absolute Gasteiger partial charge is 0.325 e. The molecule has 86 valence electrons. The third-order valence-electron chi connectivity index (χ3n) is 3.56. The Morgan fingerprint density at radius 1 is 1.07 bits per heavy atom. The van der Waals surface area contributed by atoms with Crippen LogP contribution in [0.2, 0.25) is 0 Å². The minimum Gasteiger partial charge on any atom is -0.325 e. The Morgan fingerprint density at radius 3 is 2.14 bits per heavy atom. The zero-order valence-corrected chi connectivity index (χ0v) is 10.6. The van der Waals surface area contributed by atoms with Crippen molar-refractivity contribution >= 4 is 0 Å². The van der Waals surface area contributed by atoms with E-state index in [4.69, 9.17) is 5.73 Å². The highest BCUT2D eigenvalue weighted by Gasteiger charge is 2.23. The zero-order chi connectivity index (χ0) is 11.0. The fraction of sp³-hybridized carbons (Fsp3) is 1.00. The highest BCUT2D eigenvalue weighted by Crippen LogP contribution is 2.23. The SMILES string of the molecule is CCCCCCCC(C)(N)C(C)CC. The molecule has 1 heteroatoms. The lowest BCUT2D eigenvalue weighted by atomic mass is 9.82. The van der Waals surface area contributed by atoms with E-state index in [0.29, 0.717) is 5.92 Å². The van der Waals surface area contributed by atoms with Gasteiger partial charge in [0.15, 0.2) is 0 Å². The molecule has 0 spiro atoms. The maximum atomic E-state index is 6.29. The number of unbranched alkanes of at least 4 members (excludes halogenated alkanes) is 4. The molecule has 0 aliphatic carbocycles. The van der Waals surface area contributed by atoms with Gasteiger partial charge in [0.1, 0.15) is 0 Å². The zero-order valence-electron chi connectivity index (χ0n) is 10.6. The molecule has 0 heterocycles. The Bertz CT molecular complexity index is 129. The van der Waals surface area contributed by atoms with E-state index in [-0.39, 0.29) is 5.54 Å². The highest BCUT2D eigenvalue weighted by molar-refractivity contribution is 4.83. The summed E-state index contributed by atoms with van der Waals surface area (Å²) in [7, 11) is 0. The van der Waals surface area contributed by atoms with Crippen molar-refractivity contribution in [3.05, 3.63) is 0 Å².